The summed E-state index contributed by atoms with van der Waals surface area (Å²) in [6, 6.07) is 33.1. The van der Waals surface area contributed by atoms with Crippen LogP contribution in [0, 0.1) is 13.8 Å². The van der Waals surface area contributed by atoms with Gasteiger partial charge in [0.05, 0.1) is 0 Å². The topological polar surface area (TPSA) is 0 Å². The first-order valence-electron chi connectivity index (χ1n) is 9.59. The van der Waals surface area contributed by atoms with Gasteiger partial charge in [-0.3, -0.25) is 0 Å². The maximum Gasteiger partial charge on any atom is 0.242 e. The second-order valence-electron chi connectivity index (χ2n) is 7.45. The summed E-state index contributed by atoms with van der Waals surface area (Å²) in [6.45, 7) is 4.80. The monoisotopic (exact) mass is 344 g/mol. The van der Waals surface area contributed by atoms with E-state index in [1.54, 1.807) is 0 Å². The molecule has 1 heterocycles. The Labute approximate surface area is 161 Å². The van der Waals surface area contributed by atoms with Crippen LogP contribution in [0.15, 0.2) is 91.0 Å². The van der Waals surface area contributed by atoms with Gasteiger partial charge in [0.25, 0.3) is 0 Å². The lowest BCUT2D eigenvalue weighted by atomic mass is 9.39. The van der Waals surface area contributed by atoms with Crippen LogP contribution < -0.4 is 16.4 Å². The van der Waals surface area contributed by atoms with E-state index >= 15 is 0 Å². The van der Waals surface area contributed by atoms with E-state index in [0.29, 0.717) is 6.71 Å². The summed E-state index contributed by atoms with van der Waals surface area (Å²) in [5.41, 5.74) is 12.4. The van der Waals surface area contributed by atoms with E-state index in [-0.39, 0.29) is 0 Å². The summed E-state index contributed by atoms with van der Waals surface area (Å²) in [6.07, 6.45) is 0. The molecule has 0 spiro atoms. The zero-order valence-corrected chi connectivity index (χ0v) is 15.7. The molecule has 0 saturated heterocycles. The molecule has 4 aromatic carbocycles. The highest BCUT2D eigenvalue weighted by atomic mass is 14.2. The van der Waals surface area contributed by atoms with E-state index in [2.05, 4.69) is 105 Å². The Kier molecular flexibility index (Phi) is 3.76. The fraction of sp³-hybridized carbons (Fsp3) is 0.0769. The van der Waals surface area contributed by atoms with Crippen molar-refractivity contribution in [2.24, 2.45) is 0 Å². The van der Waals surface area contributed by atoms with Crippen LogP contribution in [0.2, 0.25) is 0 Å². The molecule has 0 nitrogen and oxygen atoms in total. The Bertz CT molecular complexity index is 1140. The van der Waals surface area contributed by atoms with E-state index < -0.39 is 0 Å². The molecule has 0 bridgehead atoms. The van der Waals surface area contributed by atoms with Crippen LogP contribution in [0.5, 0.6) is 0 Å². The summed E-state index contributed by atoms with van der Waals surface area (Å²) >= 11 is 0. The van der Waals surface area contributed by atoms with Crippen LogP contribution in [0.1, 0.15) is 11.1 Å². The van der Waals surface area contributed by atoms with E-state index in [1.807, 2.05) is 0 Å². The standard InChI is InChI=1S/C26H21B/c1-18-10-6-7-13-21(18)22-16-17-25-26(19(22)2)23-14-8-9-15-24(23)27(25)20-11-4-3-5-12-20/h3-17H,1-2H3. The highest BCUT2D eigenvalue weighted by molar-refractivity contribution is 6.99. The molecule has 0 aliphatic carbocycles. The molecule has 0 radical (unpaired) electrons. The first-order chi connectivity index (χ1) is 13.3. The lowest BCUT2D eigenvalue weighted by Gasteiger charge is -2.15. The van der Waals surface area contributed by atoms with Crippen molar-refractivity contribution in [2.45, 2.75) is 13.8 Å². The normalized spacial score (nSPS) is 12.0. The third-order valence-corrected chi connectivity index (χ3v) is 5.92. The number of hydrogen-bond donors (Lipinski definition) is 0. The molecule has 27 heavy (non-hydrogen) atoms. The molecule has 0 atom stereocenters. The van der Waals surface area contributed by atoms with Crippen molar-refractivity contribution in [3.05, 3.63) is 102 Å². The molecule has 1 heteroatoms. The molecule has 0 amide bonds. The number of aryl methyl sites for hydroxylation is 1. The lowest BCUT2D eigenvalue weighted by Crippen LogP contribution is -2.48. The molecule has 1 aliphatic heterocycles. The number of benzene rings is 4. The van der Waals surface area contributed by atoms with Crippen molar-refractivity contribution in [1.82, 2.24) is 0 Å². The summed E-state index contributed by atoms with van der Waals surface area (Å²) in [4.78, 5) is 0. The van der Waals surface area contributed by atoms with Gasteiger partial charge in [0, 0.05) is 0 Å². The van der Waals surface area contributed by atoms with Crippen molar-refractivity contribution < 1.29 is 0 Å². The van der Waals surface area contributed by atoms with Gasteiger partial charge in [-0.25, -0.2) is 0 Å². The Balaban J connectivity index is 1.79. The fourth-order valence-electron chi connectivity index (χ4n) is 4.65. The van der Waals surface area contributed by atoms with Crippen LogP contribution in [-0.2, 0) is 0 Å². The number of fused-ring (bicyclic) bond motifs is 3. The molecule has 0 saturated carbocycles. The van der Waals surface area contributed by atoms with E-state index in [9.17, 15) is 0 Å². The van der Waals surface area contributed by atoms with Gasteiger partial charge in [0.15, 0.2) is 0 Å². The largest absolute Gasteiger partial charge is 0.242 e. The Morgan fingerprint density at radius 2 is 1.19 bits per heavy atom. The van der Waals surface area contributed by atoms with E-state index in [1.165, 1.54) is 49.8 Å². The Morgan fingerprint density at radius 1 is 0.519 bits per heavy atom. The predicted octanol–water partition coefficient (Wildman–Crippen LogP) is 4.47. The molecule has 4 aromatic rings. The van der Waals surface area contributed by atoms with Gasteiger partial charge in [-0.2, -0.15) is 0 Å². The highest BCUT2D eigenvalue weighted by Crippen LogP contribution is 2.34. The van der Waals surface area contributed by atoms with Crippen LogP contribution >= 0.6 is 0 Å². The van der Waals surface area contributed by atoms with Crippen molar-refractivity contribution in [2.75, 3.05) is 0 Å². The van der Waals surface area contributed by atoms with Crippen molar-refractivity contribution in [1.29, 1.82) is 0 Å². The Hall–Kier alpha value is -3.06. The molecule has 128 valence electrons. The van der Waals surface area contributed by atoms with Crippen LogP contribution in [0.4, 0.5) is 0 Å². The fourth-order valence-corrected chi connectivity index (χ4v) is 4.65. The number of rotatable bonds is 2. The molecule has 0 aromatic heterocycles. The average Bonchev–Trinajstić information content (AvgIpc) is 3.05. The maximum absolute atomic E-state index is 2.35. The van der Waals surface area contributed by atoms with Gasteiger partial charge in [0.2, 0.25) is 6.71 Å². The highest BCUT2D eigenvalue weighted by Gasteiger charge is 2.34. The summed E-state index contributed by atoms with van der Waals surface area (Å²) < 4.78 is 0. The summed E-state index contributed by atoms with van der Waals surface area (Å²) in [5, 5.41) is 0. The molecule has 0 unspecified atom stereocenters. The minimum atomic E-state index is 0.321. The van der Waals surface area contributed by atoms with E-state index in [4.69, 9.17) is 0 Å². The van der Waals surface area contributed by atoms with Gasteiger partial charge in [-0.15, -0.1) is 0 Å². The first kappa shape index (κ1) is 16.1. The molecular formula is C26H21B. The first-order valence-corrected chi connectivity index (χ1v) is 9.59. The third-order valence-electron chi connectivity index (χ3n) is 5.92. The van der Waals surface area contributed by atoms with Crippen LogP contribution in [0.25, 0.3) is 22.3 Å². The van der Waals surface area contributed by atoms with Crippen LogP contribution in [-0.4, -0.2) is 6.71 Å². The zero-order valence-electron chi connectivity index (χ0n) is 15.7. The Morgan fingerprint density at radius 3 is 1.96 bits per heavy atom. The molecular weight excluding hydrogens is 323 g/mol. The third kappa shape index (κ3) is 2.46. The molecule has 5 rings (SSSR count). The number of hydrogen-bond acceptors (Lipinski definition) is 0. The average molecular weight is 344 g/mol. The smallest absolute Gasteiger partial charge is 0.0686 e. The van der Waals surface area contributed by atoms with E-state index in [0.717, 1.165) is 0 Å². The second-order valence-corrected chi connectivity index (χ2v) is 7.45. The second kappa shape index (κ2) is 6.28. The quantitative estimate of drug-likeness (QED) is 0.415. The molecule has 1 aliphatic rings. The van der Waals surface area contributed by atoms with Crippen LogP contribution in [0.3, 0.4) is 0 Å². The summed E-state index contributed by atoms with van der Waals surface area (Å²) in [7, 11) is 0. The van der Waals surface area contributed by atoms with Crippen molar-refractivity contribution in [3.63, 3.8) is 0 Å². The minimum Gasteiger partial charge on any atom is -0.0686 e. The SMILES string of the molecule is Cc1ccccc1-c1ccc2c(c1C)-c1ccccc1B2c1ccccc1. The minimum absolute atomic E-state index is 0.321. The lowest BCUT2D eigenvalue weighted by molar-refractivity contribution is 1.42. The van der Waals surface area contributed by atoms with Crippen molar-refractivity contribution in [3.8, 4) is 22.3 Å². The molecule has 0 N–H and O–H groups in total. The van der Waals surface area contributed by atoms with Gasteiger partial charge < -0.3 is 0 Å². The summed E-state index contributed by atoms with van der Waals surface area (Å²) in [5.74, 6) is 0. The molecule has 0 fully saturated rings. The van der Waals surface area contributed by atoms with Gasteiger partial charge in [-0.1, -0.05) is 107 Å². The van der Waals surface area contributed by atoms with Crippen molar-refractivity contribution >= 4 is 23.1 Å². The van der Waals surface area contributed by atoms with Gasteiger partial charge in [0.1, 0.15) is 0 Å². The maximum atomic E-state index is 2.35. The zero-order chi connectivity index (χ0) is 18.4. The van der Waals surface area contributed by atoms with Gasteiger partial charge in [-0.05, 0) is 47.2 Å². The predicted molar refractivity (Wildman–Crippen MR) is 118 cm³/mol. The van der Waals surface area contributed by atoms with Gasteiger partial charge >= 0.3 is 0 Å².